The number of nitrogens with one attached hydrogen (secondary N) is 1. The Morgan fingerprint density at radius 2 is 1.87 bits per heavy atom. The fraction of sp³-hybridized carbons (Fsp3) is 0.320. The average molecular weight is 550 g/mol. The maximum atomic E-state index is 13.3. The van der Waals surface area contributed by atoms with Gasteiger partial charge in [-0.25, -0.2) is 23.1 Å². The van der Waals surface area contributed by atoms with Crippen molar-refractivity contribution >= 4 is 27.6 Å². The van der Waals surface area contributed by atoms with Crippen LogP contribution in [0.3, 0.4) is 0 Å². The molecular formula is C25H26F3N5O4S. The van der Waals surface area contributed by atoms with Gasteiger partial charge in [-0.1, -0.05) is 19.1 Å². The first-order valence-corrected chi connectivity index (χ1v) is 13.1. The molecule has 1 unspecified atom stereocenters. The highest BCUT2D eigenvalue weighted by Crippen LogP contribution is 2.40. The molecule has 1 aromatic carbocycles. The van der Waals surface area contributed by atoms with Gasteiger partial charge in [0.25, 0.3) is 15.9 Å². The first-order valence-electron chi connectivity index (χ1n) is 11.6. The molecule has 202 valence electrons. The summed E-state index contributed by atoms with van der Waals surface area (Å²) in [5.74, 6) is -1.40. The summed E-state index contributed by atoms with van der Waals surface area (Å²) in [5, 5.41) is 0. The smallest absolute Gasteiger partial charge is 0.405 e. The molecule has 0 saturated carbocycles. The molecule has 0 aliphatic carbocycles. The van der Waals surface area contributed by atoms with E-state index in [0.717, 1.165) is 12.5 Å². The van der Waals surface area contributed by atoms with E-state index in [0.29, 0.717) is 6.54 Å². The minimum absolute atomic E-state index is 0.0545. The molecule has 1 amide bonds. The van der Waals surface area contributed by atoms with Crippen molar-refractivity contribution < 1.29 is 31.1 Å². The Hall–Kier alpha value is -3.87. The minimum atomic E-state index is -4.92. The largest absolute Gasteiger partial charge is 0.573 e. The molecule has 3 aromatic rings. The summed E-state index contributed by atoms with van der Waals surface area (Å²) in [5.41, 5.74) is 5.30. The molecule has 1 aliphatic heterocycles. The Morgan fingerprint density at radius 3 is 2.50 bits per heavy atom. The number of nitrogens with zero attached hydrogens (tertiary/aromatic N) is 3. The summed E-state index contributed by atoms with van der Waals surface area (Å²) in [4.78, 5) is 23.1. The number of rotatable bonds is 6. The van der Waals surface area contributed by atoms with Gasteiger partial charge in [0.05, 0.1) is 11.3 Å². The maximum Gasteiger partial charge on any atom is 0.573 e. The Balaban J connectivity index is 1.81. The predicted molar refractivity (Wildman–Crippen MR) is 135 cm³/mol. The van der Waals surface area contributed by atoms with E-state index in [9.17, 15) is 26.4 Å². The van der Waals surface area contributed by atoms with Gasteiger partial charge in [0.1, 0.15) is 22.3 Å². The number of amides is 1. The highest BCUT2D eigenvalue weighted by atomic mass is 32.2. The third kappa shape index (κ3) is 5.37. The fourth-order valence-electron chi connectivity index (χ4n) is 4.34. The zero-order chi connectivity index (χ0) is 27.9. The van der Waals surface area contributed by atoms with E-state index in [1.807, 2.05) is 30.4 Å². The molecule has 1 atom stereocenters. The summed E-state index contributed by atoms with van der Waals surface area (Å²) in [6.07, 6.45) is -2.85. The summed E-state index contributed by atoms with van der Waals surface area (Å²) < 4.78 is 71.1. The van der Waals surface area contributed by atoms with Crippen molar-refractivity contribution in [2.45, 2.75) is 44.0 Å². The van der Waals surface area contributed by atoms with Crippen LogP contribution < -0.4 is 20.1 Å². The number of sulfonamides is 1. The second kappa shape index (κ2) is 9.78. The van der Waals surface area contributed by atoms with Crippen molar-refractivity contribution in [2.75, 3.05) is 17.2 Å². The molecule has 0 bridgehead atoms. The van der Waals surface area contributed by atoms with Gasteiger partial charge in [-0.3, -0.25) is 4.79 Å². The van der Waals surface area contributed by atoms with Crippen molar-refractivity contribution in [2.24, 2.45) is 5.92 Å². The van der Waals surface area contributed by atoms with Crippen LogP contribution in [0.1, 0.15) is 37.6 Å². The van der Waals surface area contributed by atoms with Gasteiger partial charge in [-0.05, 0) is 62.6 Å². The number of ether oxygens (including phenoxy) is 1. The molecule has 9 nitrogen and oxygen atoms in total. The lowest BCUT2D eigenvalue weighted by Gasteiger charge is -2.36. The molecular weight excluding hydrogens is 523 g/mol. The topological polar surface area (TPSA) is 128 Å². The van der Waals surface area contributed by atoms with Crippen molar-refractivity contribution in [3.63, 3.8) is 0 Å². The third-order valence-corrected chi connectivity index (χ3v) is 8.15. The first kappa shape index (κ1) is 27.2. The molecule has 3 N–H and O–H groups in total. The lowest BCUT2D eigenvalue weighted by atomic mass is 9.90. The van der Waals surface area contributed by atoms with Gasteiger partial charge in [0, 0.05) is 23.8 Å². The number of alkyl halides is 3. The van der Waals surface area contributed by atoms with E-state index in [2.05, 4.69) is 14.7 Å². The molecule has 0 radical (unpaired) electrons. The Morgan fingerprint density at radius 1 is 1.16 bits per heavy atom. The fourth-order valence-corrected chi connectivity index (χ4v) is 5.39. The van der Waals surface area contributed by atoms with Gasteiger partial charge < -0.3 is 15.4 Å². The lowest BCUT2D eigenvalue weighted by Crippen LogP contribution is -2.43. The van der Waals surface area contributed by atoms with Crippen LogP contribution in [-0.4, -0.2) is 42.7 Å². The quantitative estimate of drug-likeness (QED) is 0.464. The van der Waals surface area contributed by atoms with Gasteiger partial charge in [-0.15, -0.1) is 13.2 Å². The zero-order valence-electron chi connectivity index (χ0n) is 20.8. The van der Waals surface area contributed by atoms with Gasteiger partial charge in [0.15, 0.2) is 0 Å². The minimum Gasteiger partial charge on any atom is -0.405 e. The maximum absolute atomic E-state index is 13.3. The molecule has 2 aromatic heterocycles. The molecule has 13 heteroatoms. The number of benzene rings is 1. The number of nitrogens with two attached hydrogens (primary N) is 1. The van der Waals surface area contributed by atoms with Crippen LogP contribution in [0.25, 0.3) is 11.3 Å². The summed E-state index contributed by atoms with van der Waals surface area (Å²) >= 11 is 0. The summed E-state index contributed by atoms with van der Waals surface area (Å²) in [6.45, 7) is 6.43. The Labute approximate surface area is 217 Å². The van der Waals surface area contributed by atoms with Crippen LogP contribution in [0.5, 0.6) is 5.75 Å². The zero-order valence-corrected chi connectivity index (χ0v) is 21.6. The van der Waals surface area contributed by atoms with Crippen LogP contribution in [0, 0.1) is 5.92 Å². The normalized spacial score (nSPS) is 17.3. The molecule has 3 heterocycles. The van der Waals surface area contributed by atoms with Gasteiger partial charge in [-0.2, -0.15) is 0 Å². The second-order valence-electron chi connectivity index (χ2n) is 9.43. The van der Waals surface area contributed by atoms with E-state index in [4.69, 9.17) is 5.73 Å². The first-order chi connectivity index (χ1) is 17.7. The summed E-state index contributed by atoms with van der Waals surface area (Å²) in [6, 6.07) is 10.8. The lowest BCUT2D eigenvalue weighted by molar-refractivity contribution is -0.274. The number of hydrogen-bond acceptors (Lipinski definition) is 8. The van der Waals surface area contributed by atoms with Crippen molar-refractivity contribution in [1.82, 2.24) is 14.7 Å². The number of para-hydroxylation sites is 1. The molecule has 1 fully saturated rings. The Bertz CT molecular complexity index is 1480. The number of pyridine rings is 2. The third-order valence-electron chi connectivity index (χ3n) is 6.77. The predicted octanol–water partition coefficient (Wildman–Crippen LogP) is 4.37. The molecule has 1 aliphatic rings. The molecule has 4 rings (SSSR count). The number of aromatic nitrogens is 2. The number of nitrogen functional groups attached to an aromatic ring is 1. The van der Waals surface area contributed by atoms with E-state index in [-0.39, 0.29) is 39.3 Å². The number of halogens is 3. The molecule has 38 heavy (non-hydrogen) atoms. The SMILES string of the molecule is CC1CCN(c2nc(-c3ccccc3OC(F)(F)F)ccc2C(=O)NS(=O)(=O)c2cccnc2N)C1(C)C. The standard InChI is InChI=1S/C25H26F3N5O4S/c1-15-12-14-33(24(15,2)3)22-17(23(34)32-38(35,36)20-9-6-13-30-21(20)29)10-11-18(31-22)16-7-4-5-8-19(16)37-25(26,27)28/h4-11,13,15H,12,14H2,1-3H3,(H2,29,30)(H,32,34). The van der Waals surface area contributed by atoms with Crippen LogP contribution in [0.15, 0.2) is 59.6 Å². The van der Waals surface area contributed by atoms with Crippen molar-refractivity contribution in [3.05, 3.63) is 60.3 Å². The molecule has 0 spiro atoms. The van der Waals surface area contributed by atoms with Gasteiger partial charge in [0.2, 0.25) is 0 Å². The van der Waals surface area contributed by atoms with Crippen LogP contribution in [-0.2, 0) is 10.0 Å². The number of carbonyl (C=O) groups excluding carboxylic acids is 1. The highest BCUT2D eigenvalue weighted by Gasteiger charge is 2.41. The number of hydrogen-bond donors (Lipinski definition) is 2. The van der Waals surface area contributed by atoms with Crippen molar-refractivity contribution in [1.29, 1.82) is 0 Å². The van der Waals surface area contributed by atoms with E-state index < -0.39 is 33.6 Å². The van der Waals surface area contributed by atoms with Crippen LogP contribution in [0.2, 0.25) is 0 Å². The monoisotopic (exact) mass is 549 g/mol. The number of anilines is 2. The summed E-state index contributed by atoms with van der Waals surface area (Å²) in [7, 11) is -4.39. The highest BCUT2D eigenvalue weighted by molar-refractivity contribution is 7.90. The van der Waals surface area contributed by atoms with Crippen molar-refractivity contribution in [3.8, 4) is 17.0 Å². The van der Waals surface area contributed by atoms with Crippen LogP contribution >= 0.6 is 0 Å². The average Bonchev–Trinajstić information content (AvgIpc) is 3.09. The Kier molecular flexibility index (Phi) is 6.99. The van der Waals surface area contributed by atoms with Gasteiger partial charge >= 0.3 is 6.36 Å². The molecule has 1 saturated heterocycles. The number of carbonyl (C=O) groups is 1. The van der Waals surface area contributed by atoms with Crippen LogP contribution in [0.4, 0.5) is 24.8 Å². The van der Waals surface area contributed by atoms with E-state index in [1.54, 1.807) is 0 Å². The second-order valence-corrected chi connectivity index (χ2v) is 11.1. The van der Waals surface area contributed by atoms with E-state index in [1.165, 1.54) is 48.7 Å². The van der Waals surface area contributed by atoms with E-state index >= 15 is 0 Å².